The van der Waals surface area contributed by atoms with Crippen LogP contribution in [-0.4, -0.2) is 48.7 Å². The van der Waals surface area contributed by atoms with E-state index in [0.717, 1.165) is 0 Å². The Balaban J connectivity index is 1.93. The molecule has 7 nitrogen and oxygen atoms in total. The number of benzene rings is 1. The lowest BCUT2D eigenvalue weighted by Gasteiger charge is -2.30. The number of hydrogen-bond donors (Lipinski definition) is 0. The molecule has 0 N–H and O–H groups in total. The molecule has 1 aromatic carbocycles. The first-order chi connectivity index (χ1) is 10.8. The van der Waals surface area contributed by atoms with Gasteiger partial charge >= 0.3 is 0 Å². The molecule has 0 atom stereocenters. The van der Waals surface area contributed by atoms with Crippen molar-refractivity contribution in [1.29, 1.82) is 0 Å². The molecule has 0 aromatic heterocycles. The van der Waals surface area contributed by atoms with E-state index in [2.05, 4.69) is 0 Å². The van der Waals surface area contributed by atoms with E-state index >= 15 is 0 Å². The van der Waals surface area contributed by atoms with E-state index in [1.165, 1.54) is 24.5 Å². The van der Waals surface area contributed by atoms with Crippen molar-refractivity contribution in [2.75, 3.05) is 19.3 Å². The van der Waals surface area contributed by atoms with Crippen LogP contribution in [0, 0.1) is 10.1 Å². The second kappa shape index (κ2) is 6.91. The van der Waals surface area contributed by atoms with Gasteiger partial charge in [-0.1, -0.05) is 0 Å². The zero-order valence-corrected chi connectivity index (χ0v) is 13.5. The number of sulfone groups is 1. The summed E-state index contributed by atoms with van der Waals surface area (Å²) in [5, 5.41) is 10.2. The molecular weight excluding hydrogens is 320 g/mol. The Bertz CT molecular complexity index is 717. The summed E-state index contributed by atoms with van der Waals surface area (Å²) in [7, 11) is -3.05. The summed E-state index contributed by atoms with van der Waals surface area (Å²) < 4.78 is 23.0. The first-order valence-electron chi connectivity index (χ1n) is 7.17. The SMILES string of the molecule is CS(=O)(=O)C1CCN(C(=O)/C=C/c2ccc([N+](=O)[O-])cc2)CC1. The molecule has 1 saturated heterocycles. The van der Waals surface area contributed by atoms with Gasteiger partial charge in [0.15, 0.2) is 0 Å². The zero-order valence-electron chi connectivity index (χ0n) is 12.7. The lowest BCUT2D eigenvalue weighted by Crippen LogP contribution is -2.41. The van der Waals surface area contributed by atoms with Crippen molar-refractivity contribution in [3.05, 3.63) is 46.0 Å². The molecule has 0 saturated carbocycles. The minimum atomic E-state index is -3.05. The second-order valence-electron chi connectivity index (χ2n) is 5.54. The quantitative estimate of drug-likeness (QED) is 0.472. The van der Waals surface area contributed by atoms with Gasteiger partial charge in [-0.15, -0.1) is 0 Å². The maximum atomic E-state index is 12.1. The van der Waals surface area contributed by atoms with Crippen LogP contribution in [0.15, 0.2) is 30.3 Å². The van der Waals surface area contributed by atoms with Crippen molar-refractivity contribution in [3.8, 4) is 0 Å². The lowest BCUT2D eigenvalue weighted by molar-refractivity contribution is -0.384. The molecule has 0 aliphatic carbocycles. The van der Waals surface area contributed by atoms with Crippen molar-refractivity contribution in [2.45, 2.75) is 18.1 Å². The van der Waals surface area contributed by atoms with Crippen molar-refractivity contribution < 1.29 is 18.1 Å². The molecule has 0 bridgehead atoms. The highest BCUT2D eigenvalue weighted by molar-refractivity contribution is 7.91. The van der Waals surface area contributed by atoms with Gasteiger partial charge in [0.1, 0.15) is 9.84 Å². The number of nitro groups is 1. The summed E-state index contributed by atoms with van der Waals surface area (Å²) in [6.45, 7) is 0.836. The first kappa shape index (κ1) is 17.1. The number of carbonyl (C=O) groups is 1. The highest BCUT2D eigenvalue weighted by atomic mass is 32.2. The van der Waals surface area contributed by atoms with Crippen LogP contribution in [0.1, 0.15) is 18.4 Å². The Morgan fingerprint density at radius 2 is 1.83 bits per heavy atom. The third kappa shape index (κ3) is 4.62. The lowest BCUT2D eigenvalue weighted by atomic mass is 10.1. The normalized spacial score (nSPS) is 16.7. The summed E-state index contributed by atoms with van der Waals surface area (Å²) >= 11 is 0. The van der Waals surface area contributed by atoms with E-state index < -0.39 is 14.8 Å². The number of non-ortho nitro benzene ring substituents is 1. The van der Waals surface area contributed by atoms with E-state index in [1.54, 1.807) is 23.1 Å². The molecule has 23 heavy (non-hydrogen) atoms. The molecule has 0 spiro atoms. The fourth-order valence-corrected chi connectivity index (χ4v) is 3.55. The molecule has 1 aliphatic heterocycles. The molecule has 124 valence electrons. The molecule has 1 fully saturated rings. The first-order valence-corrected chi connectivity index (χ1v) is 9.13. The highest BCUT2D eigenvalue weighted by Gasteiger charge is 2.27. The fraction of sp³-hybridized carbons (Fsp3) is 0.400. The predicted molar refractivity (Wildman–Crippen MR) is 86.6 cm³/mol. The number of carbonyl (C=O) groups excluding carboxylic acids is 1. The number of nitrogens with zero attached hydrogens (tertiary/aromatic N) is 2. The molecular formula is C15H18N2O5S. The number of piperidine rings is 1. The van der Waals surface area contributed by atoms with Crippen LogP contribution in [0.5, 0.6) is 0 Å². The number of nitro benzene ring substituents is 1. The molecule has 0 unspecified atom stereocenters. The van der Waals surface area contributed by atoms with E-state index in [-0.39, 0.29) is 16.8 Å². The van der Waals surface area contributed by atoms with Crippen molar-refractivity contribution in [3.63, 3.8) is 0 Å². The molecule has 2 rings (SSSR count). The van der Waals surface area contributed by atoms with Crippen LogP contribution in [0.2, 0.25) is 0 Å². The van der Waals surface area contributed by atoms with Crippen LogP contribution in [0.3, 0.4) is 0 Å². The van der Waals surface area contributed by atoms with E-state index in [4.69, 9.17) is 0 Å². The third-order valence-corrected chi connectivity index (χ3v) is 5.56. The molecule has 1 heterocycles. The Morgan fingerprint density at radius 1 is 1.26 bits per heavy atom. The molecule has 0 radical (unpaired) electrons. The minimum Gasteiger partial charge on any atom is -0.339 e. The third-order valence-electron chi connectivity index (χ3n) is 3.88. The summed E-state index contributed by atoms with van der Waals surface area (Å²) in [6, 6.07) is 5.89. The maximum Gasteiger partial charge on any atom is 0.269 e. The standard InChI is InChI=1S/C15H18N2O5S/c1-23(21,22)14-8-10-16(11-9-14)15(18)7-4-12-2-5-13(6-3-12)17(19)20/h2-7,14H,8-11H2,1H3/b7-4+. The van der Waals surface area contributed by atoms with Crippen molar-refractivity contribution in [1.82, 2.24) is 4.90 Å². The van der Waals surface area contributed by atoms with Gasteiger partial charge in [0.2, 0.25) is 5.91 Å². The maximum absolute atomic E-state index is 12.1. The summed E-state index contributed by atoms with van der Waals surface area (Å²) in [4.78, 5) is 23.8. The van der Waals surface area contributed by atoms with Crippen molar-refractivity contribution in [2.24, 2.45) is 0 Å². The summed E-state index contributed by atoms with van der Waals surface area (Å²) in [5.74, 6) is -0.185. The van der Waals surface area contributed by atoms with Gasteiger partial charge in [-0.05, 0) is 36.6 Å². The molecule has 8 heteroatoms. The second-order valence-corrected chi connectivity index (χ2v) is 7.86. The van der Waals surface area contributed by atoms with Crippen LogP contribution in [0.25, 0.3) is 6.08 Å². The number of rotatable bonds is 4. The van der Waals surface area contributed by atoms with E-state index in [1.807, 2.05) is 0 Å². The summed E-state index contributed by atoms with van der Waals surface area (Å²) in [5.41, 5.74) is 0.686. The van der Waals surface area contributed by atoms with Crippen LogP contribution in [0.4, 0.5) is 5.69 Å². The predicted octanol–water partition coefficient (Wildman–Crippen LogP) is 1.64. The number of amides is 1. The average Bonchev–Trinajstić information content (AvgIpc) is 2.52. The van der Waals surface area contributed by atoms with Crippen LogP contribution >= 0.6 is 0 Å². The largest absolute Gasteiger partial charge is 0.339 e. The van der Waals surface area contributed by atoms with Gasteiger partial charge in [0.05, 0.1) is 10.2 Å². The summed E-state index contributed by atoms with van der Waals surface area (Å²) in [6.07, 6.45) is 5.13. The van der Waals surface area contributed by atoms with Gasteiger partial charge < -0.3 is 4.90 Å². The van der Waals surface area contributed by atoms with Crippen molar-refractivity contribution >= 4 is 27.5 Å². The molecule has 1 aliphatic rings. The Hall–Kier alpha value is -2.22. The highest BCUT2D eigenvalue weighted by Crippen LogP contribution is 2.18. The van der Waals surface area contributed by atoms with Gasteiger partial charge in [0, 0.05) is 37.6 Å². The van der Waals surface area contributed by atoms with Crippen LogP contribution < -0.4 is 0 Å². The van der Waals surface area contributed by atoms with Gasteiger partial charge in [-0.2, -0.15) is 0 Å². The Kier molecular flexibility index (Phi) is 5.15. The smallest absolute Gasteiger partial charge is 0.269 e. The minimum absolute atomic E-state index is 0.00340. The number of likely N-dealkylation sites (tertiary alicyclic amines) is 1. The van der Waals surface area contributed by atoms with Gasteiger partial charge in [-0.25, -0.2) is 8.42 Å². The molecule has 1 aromatic rings. The monoisotopic (exact) mass is 338 g/mol. The van der Waals surface area contributed by atoms with E-state index in [9.17, 15) is 23.3 Å². The van der Waals surface area contributed by atoms with Crippen LogP contribution in [-0.2, 0) is 14.6 Å². The Labute approximate surface area is 134 Å². The fourth-order valence-electron chi connectivity index (χ4n) is 2.48. The topological polar surface area (TPSA) is 97.6 Å². The zero-order chi connectivity index (χ0) is 17.0. The van der Waals surface area contributed by atoms with Gasteiger partial charge in [-0.3, -0.25) is 14.9 Å². The molecule has 1 amide bonds. The average molecular weight is 338 g/mol. The number of hydrogen-bond acceptors (Lipinski definition) is 5. The Morgan fingerprint density at radius 3 is 2.30 bits per heavy atom. The van der Waals surface area contributed by atoms with E-state index in [0.29, 0.717) is 31.5 Å². The van der Waals surface area contributed by atoms with Gasteiger partial charge in [0.25, 0.3) is 5.69 Å².